The number of benzene rings is 3. The predicted octanol–water partition coefficient (Wildman–Crippen LogP) is 3.40. The molecule has 0 fully saturated rings. The summed E-state index contributed by atoms with van der Waals surface area (Å²) in [6.45, 7) is 4.95. The van der Waals surface area contributed by atoms with Gasteiger partial charge in [0.05, 0.1) is 18.1 Å². The van der Waals surface area contributed by atoms with E-state index in [0.29, 0.717) is 0 Å². The van der Waals surface area contributed by atoms with Gasteiger partial charge in [0.15, 0.2) is 0 Å². The first kappa shape index (κ1) is 19.4. The molecule has 166 valence electrons. The summed E-state index contributed by atoms with van der Waals surface area (Å²) < 4.78 is 14.7. The number of anilines is 1. The SMILES string of the molecule is Cc1cc(C)n(-c2ccc3c(c2)B2c4cc(N5C=CN(C)C5)ccc4Oc4cccc(c42)O3)n1. The standard InChI is InChI=1S/C27H23BN4O2/c1-17-13-18(2)32(29-17)20-8-10-24-22(15-20)28-21-14-19(31-12-11-30(3)16-31)7-9-23(21)33-25-5-4-6-26(34-24)27(25)28/h4-15H,16H2,1-3H3. The Morgan fingerprint density at radius 2 is 1.47 bits per heavy atom. The van der Waals surface area contributed by atoms with Crippen LogP contribution in [0.1, 0.15) is 11.4 Å². The van der Waals surface area contributed by atoms with Crippen molar-refractivity contribution in [3.05, 3.63) is 84.5 Å². The van der Waals surface area contributed by atoms with E-state index in [9.17, 15) is 0 Å². The predicted molar refractivity (Wildman–Crippen MR) is 135 cm³/mol. The number of rotatable bonds is 2. The average Bonchev–Trinajstić information content (AvgIpc) is 3.42. The van der Waals surface area contributed by atoms with Crippen molar-refractivity contribution in [1.29, 1.82) is 0 Å². The first-order chi connectivity index (χ1) is 16.5. The molecule has 0 saturated heterocycles. The molecule has 0 atom stereocenters. The molecule has 4 heterocycles. The lowest BCUT2D eigenvalue weighted by Gasteiger charge is -2.33. The third-order valence-electron chi connectivity index (χ3n) is 6.83. The number of hydrogen-bond acceptors (Lipinski definition) is 5. The zero-order chi connectivity index (χ0) is 23.0. The summed E-state index contributed by atoms with van der Waals surface area (Å²) >= 11 is 0. The topological polar surface area (TPSA) is 42.8 Å². The van der Waals surface area contributed by atoms with Gasteiger partial charge in [0, 0.05) is 36.3 Å². The fraction of sp³-hybridized carbons (Fsp3) is 0.148. The first-order valence-corrected chi connectivity index (χ1v) is 11.5. The van der Waals surface area contributed by atoms with Gasteiger partial charge in [-0.15, -0.1) is 0 Å². The van der Waals surface area contributed by atoms with Crippen LogP contribution in [0.25, 0.3) is 5.69 Å². The number of aromatic nitrogens is 2. The molecule has 0 radical (unpaired) electrons. The maximum atomic E-state index is 6.37. The van der Waals surface area contributed by atoms with Gasteiger partial charge in [0.2, 0.25) is 0 Å². The van der Waals surface area contributed by atoms with Crippen LogP contribution in [0.4, 0.5) is 5.69 Å². The van der Waals surface area contributed by atoms with Crippen molar-refractivity contribution in [2.75, 3.05) is 18.6 Å². The van der Waals surface area contributed by atoms with Gasteiger partial charge in [-0.05, 0) is 79.4 Å². The number of nitrogens with zero attached hydrogens (tertiary/aromatic N) is 4. The normalized spacial score (nSPS) is 15.0. The fourth-order valence-electron chi connectivity index (χ4n) is 5.31. The van der Waals surface area contributed by atoms with E-state index in [2.05, 4.69) is 78.6 Å². The van der Waals surface area contributed by atoms with E-state index in [-0.39, 0.29) is 6.71 Å². The van der Waals surface area contributed by atoms with Gasteiger partial charge in [-0.1, -0.05) is 6.07 Å². The minimum Gasteiger partial charge on any atom is -0.458 e. The lowest BCUT2D eigenvalue weighted by atomic mass is 9.35. The number of ether oxygens (including phenoxy) is 2. The van der Waals surface area contributed by atoms with Gasteiger partial charge >= 0.3 is 0 Å². The van der Waals surface area contributed by atoms with Crippen molar-refractivity contribution in [3.63, 3.8) is 0 Å². The monoisotopic (exact) mass is 446 g/mol. The Bertz CT molecular complexity index is 1490. The molecule has 3 aliphatic heterocycles. The number of hydrogen-bond donors (Lipinski definition) is 0. The van der Waals surface area contributed by atoms with E-state index < -0.39 is 0 Å². The molecular formula is C27H23BN4O2. The highest BCUT2D eigenvalue weighted by Crippen LogP contribution is 2.35. The summed E-state index contributed by atoms with van der Waals surface area (Å²) in [6.07, 6.45) is 4.21. The van der Waals surface area contributed by atoms with E-state index in [1.165, 1.54) is 0 Å². The van der Waals surface area contributed by atoms with E-state index in [0.717, 1.165) is 68.8 Å². The van der Waals surface area contributed by atoms with Crippen molar-refractivity contribution in [1.82, 2.24) is 14.7 Å². The highest BCUT2D eigenvalue weighted by atomic mass is 16.5. The van der Waals surface area contributed by atoms with Crippen LogP contribution in [0, 0.1) is 13.8 Å². The Labute approximate surface area is 198 Å². The largest absolute Gasteiger partial charge is 0.458 e. The van der Waals surface area contributed by atoms with Crippen LogP contribution in [0.15, 0.2) is 73.1 Å². The third-order valence-corrected chi connectivity index (χ3v) is 6.83. The Balaban J connectivity index is 1.43. The summed E-state index contributed by atoms with van der Waals surface area (Å²) in [5.74, 6) is 3.47. The molecule has 3 aliphatic rings. The molecule has 0 aliphatic carbocycles. The second kappa shape index (κ2) is 6.94. The van der Waals surface area contributed by atoms with Gasteiger partial charge in [-0.25, -0.2) is 4.68 Å². The number of fused-ring (bicyclic) bond motifs is 4. The summed E-state index contributed by atoms with van der Waals surface area (Å²) in [4.78, 5) is 4.40. The van der Waals surface area contributed by atoms with E-state index in [4.69, 9.17) is 14.6 Å². The molecule has 3 aromatic carbocycles. The zero-order valence-corrected chi connectivity index (χ0v) is 19.3. The third kappa shape index (κ3) is 2.79. The molecule has 1 aromatic heterocycles. The molecule has 0 spiro atoms. The van der Waals surface area contributed by atoms with Gasteiger partial charge < -0.3 is 19.3 Å². The van der Waals surface area contributed by atoms with Crippen molar-refractivity contribution in [2.45, 2.75) is 13.8 Å². The van der Waals surface area contributed by atoms with Crippen LogP contribution in [-0.4, -0.2) is 35.1 Å². The highest BCUT2D eigenvalue weighted by molar-refractivity contribution is 6.98. The van der Waals surface area contributed by atoms with E-state index in [1.807, 2.05) is 29.8 Å². The fourth-order valence-corrected chi connectivity index (χ4v) is 5.31. The summed E-state index contributed by atoms with van der Waals surface area (Å²) in [7, 11) is 2.08. The lowest BCUT2D eigenvalue weighted by molar-refractivity contribution is 0.464. The van der Waals surface area contributed by atoms with Gasteiger partial charge in [0.25, 0.3) is 6.71 Å². The summed E-state index contributed by atoms with van der Waals surface area (Å²) in [6, 6.07) is 21.0. The summed E-state index contributed by atoms with van der Waals surface area (Å²) in [5.41, 5.74) is 7.64. The average molecular weight is 446 g/mol. The van der Waals surface area contributed by atoms with Gasteiger partial charge in [0.1, 0.15) is 23.0 Å². The Morgan fingerprint density at radius 1 is 0.794 bits per heavy atom. The van der Waals surface area contributed by atoms with Crippen molar-refractivity contribution < 1.29 is 9.47 Å². The molecule has 6 nitrogen and oxygen atoms in total. The van der Waals surface area contributed by atoms with Crippen LogP contribution in [0.5, 0.6) is 23.0 Å². The van der Waals surface area contributed by atoms with Crippen LogP contribution < -0.4 is 30.8 Å². The van der Waals surface area contributed by atoms with Crippen molar-refractivity contribution in [3.8, 4) is 28.7 Å². The maximum absolute atomic E-state index is 6.37. The number of aryl methyl sites for hydroxylation is 2. The molecule has 0 saturated carbocycles. The zero-order valence-electron chi connectivity index (χ0n) is 19.3. The highest BCUT2D eigenvalue weighted by Gasteiger charge is 2.40. The molecule has 0 bridgehead atoms. The molecule has 7 heteroatoms. The maximum Gasteiger partial charge on any atom is 0.260 e. The van der Waals surface area contributed by atoms with Crippen LogP contribution in [0.2, 0.25) is 0 Å². The second-order valence-electron chi connectivity index (χ2n) is 9.25. The molecule has 34 heavy (non-hydrogen) atoms. The lowest BCUT2D eigenvalue weighted by Crippen LogP contribution is -2.57. The smallest absolute Gasteiger partial charge is 0.260 e. The van der Waals surface area contributed by atoms with E-state index >= 15 is 0 Å². The van der Waals surface area contributed by atoms with Crippen LogP contribution >= 0.6 is 0 Å². The molecular weight excluding hydrogens is 423 g/mol. The van der Waals surface area contributed by atoms with E-state index in [1.54, 1.807) is 0 Å². The Hall–Kier alpha value is -4.13. The molecule has 0 amide bonds. The Kier molecular flexibility index (Phi) is 3.95. The molecule has 4 aromatic rings. The van der Waals surface area contributed by atoms with Crippen LogP contribution in [-0.2, 0) is 0 Å². The van der Waals surface area contributed by atoms with Gasteiger partial charge in [-0.2, -0.15) is 5.10 Å². The molecule has 0 unspecified atom stereocenters. The summed E-state index contributed by atoms with van der Waals surface area (Å²) in [5, 5.41) is 4.71. The van der Waals surface area contributed by atoms with Gasteiger partial charge in [-0.3, -0.25) is 0 Å². The van der Waals surface area contributed by atoms with Crippen molar-refractivity contribution >= 4 is 28.8 Å². The first-order valence-electron chi connectivity index (χ1n) is 11.5. The Morgan fingerprint density at radius 3 is 2.09 bits per heavy atom. The molecule has 0 N–H and O–H groups in total. The minimum absolute atomic E-state index is 0.0138. The van der Waals surface area contributed by atoms with Crippen molar-refractivity contribution in [2.24, 2.45) is 0 Å². The minimum atomic E-state index is 0.0138. The second-order valence-corrected chi connectivity index (χ2v) is 9.25. The molecule has 7 rings (SSSR count). The quantitative estimate of drug-likeness (QED) is 0.382. The van der Waals surface area contributed by atoms with Crippen LogP contribution in [0.3, 0.4) is 0 Å².